The van der Waals surface area contributed by atoms with Crippen LogP contribution in [0.2, 0.25) is 0 Å². The zero-order valence-electron chi connectivity index (χ0n) is 15.6. The van der Waals surface area contributed by atoms with Gasteiger partial charge in [0.15, 0.2) is 0 Å². The van der Waals surface area contributed by atoms with Crippen molar-refractivity contribution in [2.24, 2.45) is 11.8 Å². The first-order valence-corrected chi connectivity index (χ1v) is 9.24. The summed E-state index contributed by atoms with van der Waals surface area (Å²) in [6.07, 6.45) is 5.51. The fraction of sp³-hybridized carbons (Fsp3) is 0.778. The third-order valence-electron chi connectivity index (χ3n) is 4.69. The highest BCUT2D eigenvalue weighted by atomic mass is 16.5. The van der Waals surface area contributed by atoms with Crippen LogP contribution in [0.25, 0.3) is 0 Å². The summed E-state index contributed by atoms with van der Waals surface area (Å²) in [6.45, 7) is 7.55. The van der Waals surface area contributed by atoms with Gasteiger partial charge in [0.05, 0.1) is 6.04 Å². The summed E-state index contributed by atoms with van der Waals surface area (Å²) in [5.74, 6) is -0.916. The van der Waals surface area contributed by atoms with Gasteiger partial charge < -0.3 is 5.32 Å². The van der Waals surface area contributed by atoms with Gasteiger partial charge in [-0.1, -0.05) is 38.3 Å². The fourth-order valence-corrected chi connectivity index (χ4v) is 3.39. The Hall–Kier alpha value is -1.92. The van der Waals surface area contributed by atoms with Crippen molar-refractivity contribution in [1.82, 2.24) is 15.0 Å². The zero-order chi connectivity index (χ0) is 18.6. The van der Waals surface area contributed by atoms with Crippen LogP contribution in [0, 0.1) is 11.8 Å². The van der Waals surface area contributed by atoms with Gasteiger partial charge >= 0.3 is 5.76 Å². The molecular formula is C18H29N3O4. The minimum Gasteiger partial charge on any atom is -0.346 e. The van der Waals surface area contributed by atoms with Crippen molar-refractivity contribution in [1.29, 1.82) is 0 Å². The molecule has 1 aliphatic rings. The number of ketones is 1. The standard InChI is InChI=1S/C18H29N3O4/c1-11(2)10-14(19-17(23)13-8-6-5-7-9-13)15(22)16-20-25-18(24)21(16)12(3)4/h11-14H,5-10H2,1-4H3,(H,19,23). The first-order valence-electron chi connectivity index (χ1n) is 9.24. The summed E-state index contributed by atoms with van der Waals surface area (Å²) < 4.78 is 5.92. The second-order valence-corrected chi connectivity index (χ2v) is 7.63. The van der Waals surface area contributed by atoms with E-state index in [4.69, 9.17) is 0 Å². The molecule has 1 fully saturated rings. The number of carbonyl (C=O) groups excluding carboxylic acids is 2. The molecule has 7 nitrogen and oxygen atoms in total. The Labute approximate surface area is 148 Å². The molecule has 1 atom stereocenters. The van der Waals surface area contributed by atoms with Gasteiger partial charge in [0, 0.05) is 12.0 Å². The molecule has 1 aromatic rings. The van der Waals surface area contributed by atoms with Crippen LogP contribution in [-0.4, -0.2) is 27.5 Å². The van der Waals surface area contributed by atoms with E-state index in [1.807, 2.05) is 13.8 Å². The smallest absolute Gasteiger partial charge is 0.346 e. The molecule has 1 aromatic heterocycles. The predicted molar refractivity (Wildman–Crippen MR) is 93.4 cm³/mol. The van der Waals surface area contributed by atoms with Crippen molar-refractivity contribution in [3.8, 4) is 0 Å². The molecule has 2 rings (SSSR count). The van der Waals surface area contributed by atoms with E-state index in [1.165, 1.54) is 4.57 Å². The van der Waals surface area contributed by atoms with E-state index in [9.17, 15) is 14.4 Å². The Morgan fingerprint density at radius 2 is 1.84 bits per heavy atom. The number of nitrogens with one attached hydrogen (secondary N) is 1. The summed E-state index contributed by atoms with van der Waals surface area (Å²) in [4.78, 5) is 37.3. The van der Waals surface area contributed by atoms with Crippen LogP contribution in [0.4, 0.5) is 0 Å². The lowest BCUT2D eigenvalue weighted by atomic mass is 9.88. The second kappa shape index (κ2) is 8.45. The normalized spacial score (nSPS) is 17.0. The van der Waals surface area contributed by atoms with Crippen molar-refractivity contribution in [3.63, 3.8) is 0 Å². The summed E-state index contributed by atoms with van der Waals surface area (Å²) in [7, 11) is 0. The summed E-state index contributed by atoms with van der Waals surface area (Å²) in [5, 5.41) is 6.57. The first-order chi connectivity index (χ1) is 11.8. The largest absolute Gasteiger partial charge is 0.442 e. The quantitative estimate of drug-likeness (QED) is 0.762. The van der Waals surface area contributed by atoms with Crippen molar-refractivity contribution in [2.75, 3.05) is 0 Å². The minimum atomic E-state index is -0.691. The molecule has 0 spiro atoms. The first kappa shape index (κ1) is 19.4. The topological polar surface area (TPSA) is 94.2 Å². The van der Waals surface area contributed by atoms with Crippen LogP contribution in [0.1, 0.15) is 82.9 Å². The molecule has 25 heavy (non-hydrogen) atoms. The molecule has 140 valence electrons. The average Bonchev–Trinajstić information content (AvgIpc) is 2.95. The van der Waals surface area contributed by atoms with E-state index in [-0.39, 0.29) is 35.4 Å². The number of hydrogen-bond donors (Lipinski definition) is 1. The molecule has 0 aliphatic heterocycles. The van der Waals surface area contributed by atoms with Crippen molar-refractivity contribution in [2.45, 2.75) is 78.3 Å². The lowest BCUT2D eigenvalue weighted by Gasteiger charge is -2.25. The molecule has 1 aliphatic carbocycles. The average molecular weight is 351 g/mol. The highest BCUT2D eigenvalue weighted by molar-refractivity contribution is 5.99. The van der Waals surface area contributed by atoms with E-state index in [1.54, 1.807) is 13.8 Å². The molecule has 1 unspecified atom stereocenters. The van der Waals surface area contributed by atoms with E-state index >= 15 is 0 Å². The maximum Gasteiger partial charge on any atom is 0.442 e. The lowest BCUT2D eigenvalue weighted by Crippen LogP contribution is -2.45. The third kappa shape index (κ3) is 4.80. The third-order valence-corrected chi connectivity index (χ3v) is 4.69. The summed E-state index contributed by atoms with van der Waals surface area (Å²) >= 11 is 0. The van der Waals surface area contributed by atoms with E-state index in [0.29, 0.717) is 6.42 Å². The minimum absolute atomic E-state index is 0.0189. The highest BCUT2D eigenvalue weighted by Crippen LogP contribution is 2.24. The Bertz CT molecular complexity index is 654. The Balaban J connectivity index is 2.20. The number of amides is 1. The monoisotopic (exact) mass is 351 g/mol. The van der Waals surface area contributed by atoms with Crippen molar-refractivity contribution in [3.05, 3.63) is 16.4 Å². The van der Waals surface area contributed by atoms with Gasteiger partial charge in [0.2, 0.25) is 17.5 Å². The van der Waals surface area contributed by atoms with Crippen molar-refractivity contribution >= 4 is 11.7 Å². The Kier molecular flexibility index (Phi) is 6.56. The molecule has 0 bridgehead atoms. The number of nitrogens with zero attached hydrogens (tertiary/aromatic N) is 2. The van der Waals surface area contributed by atoms with Gasteiger partial charge in [0.25, 0.3) is 0 Å². The molecule has 1 saturated carbocycles. The maximum atomic E-state index is 12.9. The molecule has 0 saturated heterocycles. The predicted octanol–water partition coefficient (Wildman–Crippen LogP) is 2.71. The van der Waals surface area contributed by atoms with Crippen LogP contribution in [0.15, 0.2) is 9.32 Å². The number of rotatable bonds is 7. The Morgan fingerprint density at radius 3 is 2.40 bits per heavy atom. The molecular weight excluding hydrogens is 322 g/mol. The van der Waals surface area contributed by atoms with Crippen LogP contribution in [0.3, 0.4) is 0 Å². The Morgan fingerprint density at radius 1 is 1.20 bits per heavy atom. The van der Waals surface area contributed by atoms with Crippen LogP contribution in [0.5, 0.6) is 0 Å². The number of hydrogen-bond acceptors (Lipinski definition) is 5. The van der Waals surface area contributed by atoms with Gasteiger partial charge in [-0.25, -0.2) is 4.79 Å². The van der Waals surface area contributed by atoms with E-state index < -0.39 is 11.8 Å². The molecule has 7 heteroatoms. The molecule has 0 radical (unpaired) electrons. The lowest BCUT2D eigenvalue weighted by molar-refractivity contribution is -0.126. The van der Waals surface area contributed by atoms with Gasteiger partial charge in [-0.15, -0.1) is 0 Å². The molecule has 0 aromatic carbocycles. The second-order valence-electron chi connectivity index (χ2n) is 7.63. The summed E-state index contributed by atoms with van der Waals surface area (Å²) in [5.41, 5.74) is 0. The SMILES string of the molecule is CC(C)CC(NC(=O)C1CCCCC1)C(=O)c1noc(=O)n1C(C)C. The number of carbonyl (C=O) groups is 2. The molecule has 1 amide bonds. The highest BCUT2D eigenvalue weighted by Gasteiger charge is 2.31. The van der Waals surface area contributed by atoms with Crippen molar-refractivity contribution < 1.29 is 14.1 Å². The van der Waals surface area contributed by atoms with Gasteiger partial charge in [-0.3, -0.25) is 18.7 Å². The van der Waals surface area contributed by atoms with Crippen LogP contribution < -0.4 is 11.1 Å². The van der Waals surface area contributed by atoms with E-state index in [2.05, 4.69) is 15.0 Å². The van der Waals surface area contributed by atoms with Crippen LogP contribution >= 0.6 is 0 Å². The maximum absolute atomic E-state index is 12.9. The van der Waals surface area contributed by atoms with Gasteiger partial charge in [-0.05, 0) is 39.0 Å². The molecule has 1 N–H and O–H groups in total. The molecule has 1 heterocycles. The van der Waals surface area contributed by atoms with Gasteiger partial charge in [0.1, 0.15) is 0 Å². The zero-order valence-corrected chi connectivity index (χ0v) is 15.6. The fourth-order valence-electron chi connectivity index (χ4n) is 3.39. The van der Waals surface area contributed by atoms with Gasteiger partial charge in [-0.2, -0.15) is 0 Å². The number of aromatic nitrogens is 2. The van der Waals surface area contributed by atoms with E-state index in [0.717, 1.165) is 32.1 Å². The number of Topliss-reactive ketones (excluding diaryl/α,β-unsaturated/α-hetero) is 1. The summed E-state index contributed by atoms with van der Waals surface area (Å²) in [6, 6.07) is -0.935. The van der Waals surface area contributed by atoms with Crippen LogP contribution in [-0.2, 0) is 4.79 Å².